The van der Waals surface area contributed by atoms with Crippen molar-refractivity contribution in [2.24, 2.45) is 5.73 Å². The molecule has 2 aliphatic heterocycles. The number of nitrogens with two attached hydrogens (primary N) is 1. The van der Waals surface area contributed by atoms with Crippen LogP contribution in [0.4, 0.5) is 0 Å². The van der Waals surface area contributed by atoms with E-state index in [0.29, 0.717) is 16.7 Å². The number of hydrogen-bond acceptors (Lipinski definition) is 15. The van der Waals surface area contributed by atoms with Gasteiger partial charge in [0.1, 0.15) is 30.5 Å². The lowest BCUT2D eigenvalue weighted by atomic mass is 9.95. The second kappa shape index (κ2) is 18.3. The fourth-order valence-corrected chi connectivity index (χ4v) is 6.60. The Hall–Kier alpha value is -3.45. The summed E-state index contributed by atoms with van der Waals surface area (Å²) >= 11 is 0. The van der Waals surface area contributed by atoms with E-state index in [4.69, 9.17) is 34.2 Å². The normalized spacial score (nSPS) is 29.4. The smallest absolute Gasteiger partial charge is 0.397 e. The molecule has 5 rings (SSSR count). The molecule has 6 N–H and O–H groups in total. The lowest BCUT2D eigenvalue weighted by molar-refractivity contribution is -0.341. The van der Waals surface area contributed by atoms with Crippen molar-refractivity contribution >= 4 is 26.8 Å². The molecule has 18 nitrogen and oxygen atoms in total. The molecule has 53 heavy (non-hydrogen) atoms. The van der Waals surface area contributed by atoms with Crippen molar-refractivity contribution in [1.82, 2.24) is 0 Å². The number of aliphatic hydroxyl groups is 1. The van der Waals surface area contributed by atoms with Crippen molar-refractivity contribution < 1.29 is 77.7 Å². The Labute approximate surface area is 305 Å². The summed E-state index contributed by atoms with van der Waals surface area (Å²) < 4.78 is 111. The van der Waals surface area contributed by atoms with E-state index in [1.54, 1.807) is 91.0 Å². The topological polar surface area (TPSA) is 266 Å². The van der Waals surface area contributed by atoms with Gasteiger partial charge in [0.2, 0.25) is 0 Å². The van der Waals surface area contributed by atoms with E-state index < -0.39 is 94.7 Å². The zero-order valence-corrected chi connectivity index (χ0v) is 29.4. The fourth-order valence-electron chi connectivity index (χ4n) is 5.81. The Bertz CT molecular complexity index is 1820. The Morgan fingerprint density at radius 1 is 0.660 bits per heavy atom. The average molecular weight is 786 g/mol. The van der Waals surface area contributed by atoms with E-state index in [9.17, 15) is 40.9 Å². The summed E-state index contributed by atoms with van der Waals surface area (Å²) in [7, 11) is -10.3. The molecular formula is C33H39NO17S2. The van der Waals surface area contributed by atoms with Gasteiger partial charge in [-0.2, -0.15) is 16.8 Å². The molecule has 0 radical (unpaired) electrons. The van der Waals surface area contributed by atoms with Gasteiger partial charge in [0.15, 0.2) is 24.8 Å². The standard InChI is InChI=1S/C33H39NO17S2/c34-24-26(45-17-21-12-6-2-7-13-21)25(44-16-20-10-4-1-5-11-20)23(19-47-52(38,39)40)48-33(24)50-28-27(46-18-22-14-8-3-9-15-22)30(51-53(41,42)43)32(37)49-29(28)31(35)36/h1-15,23-30,32-33,37H,16-19,34H2,(H,35,36)(H,38,39,40)(H,41,42,43)/t23-,24-,25-,26-,27+,28+,29-,30-,32-,33-/m1/s1. The molecule has 2 heterocycles. The summed E-state index contributed by atoms with van der Waals surface area (Å²) in [5.41, 5.74) is 8.64. The largest absolute Gasteiger partial charge is 0.479 e. The van der Waals surface area contributed by atoms with Crippen LogP contribution in [0.25, 0.3) is 0 Å². The van der Waals surface area contributed by atoms with Crippen LogP contribution in [0.15, 0.2) is 91.0 Å². The Morgan fingerprint density at radius 3 is 1.58 bits per heavy atom. The van der Waals surface area contributed by atoms with Crippen LogP contribution in [-0.2, 0) is 82.2 Å². The molecule has 0 aliphatic carbocycles. The van der Waals surface area contributed by atoms with Crippen molar-refractivity contribution in [1.29, 1.82) is 0 Å². The number of carbonyl (C=O) groups is 1. The first-order valence-electron chi connectivity index (χ1n) is 16.1. The van der Waals surface area contributed by atoms with Gasteiger partial charge in [-0.25, -0.2) is 13.2 Å². The number of carboxylic acids is 1. The van der Waals surface area contributed by atoms with E-state index in [1.165, 1.54) is 0 Å². The van der Waals surface area contributed by atoms with E-state index in [0.717, 1.165) is 0 Å². The Kier molecular flexibility index (Phi) is 14.0. The van der Waals surface area contributed by atoms with Crippen molar-refractivity contribution in [3.63, 3.8) is 0 Å². The molecule has 0 spiro atoms. The van der Waals surface area contributed by atoms with Crippen LogP contribution in [0.1, 0.15) is 16.7 Å². The van der Waals surface area contributed by atoms with Crippen molar-refractivity contribution in [3.8, 4) is 0 Å². The first-order chi connectivity index (χ1) is 25.2. The zero-order chi connectivity index (χ0) is 38.2. The molecule has 2 fully saturated rings. The molecular weight excluding hydrogens is 746 g/mol. The van der Waals surface area contributed by atoms with Crippen LogP contribution >= 0.6 is 0 Å². The number of rotatable bonds is 17. The van der Waals surface area contributed by atoms with Crippen LogP contribution in [0.2, 0.25) is 0 Å². The highest BCUT2D eigenvalue weighted by molar-refractivity contribution is 7.81. The van der Waals surface area contributed by atoms with E-state index in [-0.39, 0.29) is 19.8 Å². The predicted molar refractivity (Wildman–Crippen MR) is 179 cm³/mol. The fraction of sp³-hybridized carbons (Fsp3) is 0.424. The van der Waals surface area contributed by atoms with Crippen LogP contribution in [0.5, 0.6) is 0 Å². The highest BCUT2D eigenvalue weighted by Gasteiger charge is 2.55. The van der Waals surface area contributed by atoms with Gasteiger partial charge in [-0.3, -0.25) is 9.11 Å². The van der Waals surface area contributed by atoms with E-state index in [1.807, 2.05) is 0 Å². The number of aliphatic hydroxyl groups excluding tert-OH is 1. The number of carboxylic acid groups (broad SMARTS) is 1. The first kappa shape index (κ1) is 40.7. The molecule has 290 valence electrons. The number of aliphatic carboxylic acids is 1. The predicted octanol–water partition coefficient (Wildman–Crippen LogP) is 0.989. The summed E-state index contributed by atoms with van der Waals surface area (Å²) in [6, 6.07) is 24.7. The van der Waals surface area contributed by atoms with Gasteiger partial charge < -0.3 is 44.4 Å². The lowest BCUT2D eigenvalue weighted by Crippen LogP contribution is -2.68. The molecule has 3 aromatic rings. The molecule has 20 heteroatoms. The zero-order valence-electron chi connectivity index (χ0n) is 27.8. The third kappa shape index (κ3) is 11.8. The Morgan fingerprint density at radius 2 is 1.13 bits per heavy atom. The third-order valence-electron chi connectivity index (χ3n) is 8.21. The maximum Gasteiger partial charge on any atom is 0.397 e. The van der Waals surface area contributed by atoms with Crippen LogP contribution in [-0.4, -0.2) is 110 Å². The summed E-state index contributed by atoms with van der Waals surface area (Å²) in [5.74, 6) is -1.69. The summed E-state index contributed by atoms with van der Waals surface area (Å²) in [5, 5.41) is 20.8. The molecule has 2 saturated heterocycles. The second-order valence-corrected chi connectivity index (χ2v) is 14.1. The van der Waals surface area contributed by atoms with Crippen molar-refractivity contribution in [2.75, 3.05) is 6.61 Å². The number of benzene rings is 3. The minimum atomic E-state index is -5.30. The van der Waals surface area contributed by atoms with Gasteiger partial charge in [-0.15, -0.1) is 0 Å². The van der Waals surface area contributed by atoms with Gasteiger partial charge in [0.25, 0.3) is 0 Å². The summed E-state index contributed by atoms with van der Waals surface area (Å²) in [4.78, 5) is 12.5. The van der Waals surface area contributed by atoms with Crippen molar-refractivity contribution in [3.05, 3.63) is 108 Å². The van der Waals surface area contributed by atoms with Crippen LogP contribution in [0.3, 0.4) is 0 Å². The lowest BCUT2D eigenvalue weighted by Gasteiger charge is -2.48. The maximum absolute atomic E-state index is 12.5. The molecule has 10 atom stereocenters. The average Bonchev–Trinajstić information content (AvgIpc) is 3.11. The highest BCUT2D eigenvalue weighted by Crippen LogP contribution is 2.34. The molecule has 0 saturated carbocycles. The maximum atomic E-state index is 12.5. The minimum absolute atomic E-state index is 0.0415. The van der Waals surface area contributed by atoms with Crippen LogP contribution in [0, 0.1) is 0 Å². The molecule has 0 unspecified atom stereocenters. The molecule has 2 aliphatic rings. The minimum Gasteiger partial charge on any atom is -0.479 e. The monoisotopic (exact) mass is 785 g/mol. The van der Waals surface area contributed by atoms with E-state index >= 15 is 0 Å². The van der Waals surface area contributed by atoms with Gasteiger partial charge in [-0.05, 0) is 16.7 Å². The van der Waals surface area contributed by atoms with Gasteiger partial charge in [-0.1, -0.05) is 91.0 Å². The molecule has 0 amide bonds. The SMILES string of the molecule is N[C@H]1[C@@H](O[C@H]2[C@H](OCc3ccccc3)[C@@H](OS(=O)(=O)O)[C@H](O)O[C@H]2C(=O)O)O[C@H](COS(=O)(=O)O)[C@@H](OCc2ccccc2)[C@@H]1OCc1ccccc1. The highest BCUT2D eigenvalue weighted by atomic mass is 32.3. The summed E-state index contributed by atoms with van der Waals surface area (Å²) in [6.45, 7) is -1.25. The number of ether oxygens (including phenoxy) is 6. The quantitative estimate of drug-likeness (QED) is 0.119. The van der Waals surface area contributed by atoms with Crippen LogP contribution < -0.4 is 5.73 Å². The van der Waals surface area contributed by atoms with E-state index in [2.05, 4.69) is 8.37 Å². The van der Waals surface area contributed by atoms with Gasteiger partial charge >= 0.3 is 26.8 Å². The first-order valence-corrected chi connectivity index (χ1v) is 18.8. The summed E-state index contributed by atoms with van der Waals surface area (Å²) in [6.07, 6.45) is -15.7. The van der Waals surface area contributed by atoms with Gasteiger partial charge in [0, 0.05) is 0 Å². The number of hydrogen-bond donors (Lipinski definition) is 5. The third-order valence-corrected chi connectivity index (χ3v) is 9.11. The van der Waals surface area contributed by atoms with Gasteiger partial charge in [0.05, 0.1) is 32.5 Å². The molecule has 3 aromatic carbocycles. The molecule has 0 aromatic heterocycles. The second-order valence-electron chi connectivity index (χ2n) is 12.0. The van der Waals surface area contributed by atoms with Crippen molar-refractivity contribution in [2.45, 2.75) is 81.2 Å². The molecule has 0 bridgehead atoms. The Balaban J connectivity index is 1.50.